The minimum absolute atomic E-state index is 1.37. The fourth-order valence-electron chi connectivity index (χ4n) is 0.925. The van der Waals surface area contributed by atoms with E-state index in [0.717, 1.165) is 0 Å². The van der Waals surface area contributed by atoms with Crippen LogP contribution in [0.3, 0.4) is 0 Å². The Morgan fingerprint density at radius 2 is 1.44 bits per heavy atom. The molecule has 0 aromatic heterocycles. The van der Waals surface area contributed by atoms with Crippen molar-refractivity contribution < 1.29 is 24.4 Å². The summed E-state index contributed by atoms with van der Waals surface area (Å²) in [7, 11) is 0. The molecule has 0 nitrogen and oxygen atoms in total. The molecule has 0 rings (SSSR count). The van der Waals surface area contributed by atoms with E-state index < -0.39 is 0 Å². The van der Waals surface area contributed by atoms with Crippen molar-refractivity contribution in [2.24, 2.45) is 0 Å². The molecule has 0 fully saturated rings. The van der Waals surface area contributed by atoms with E-state index in [1.54, 1.807) is 0 Å². The van der Waals surface area contributed by atoms with Crippen LogP contribution < -0.4 is 0 Å². The van der Waals surface area contributed by atoms with Gasteiger partial charge in [0.1, 0.15) is 0 Å². The number of unbranched alkanes of at least 4 members (excludes halogenated alkanes) is 5. The molecule has 0 saturated heterocycles. The van der Waals surface area contributed by atoms with Crippen molar-refractivity contribution in [2.45, 2.75) is 49.6 Å². The quantitative estimate of drug-likeness (QED) is 0.520. The molecule has 0 aromatic rings. The summed E-state index contributed by atoms with van der Waals surface area (Å²) >= 11 is 1.88. The first-order valence-corrected chi connectivity index (χ1v) is 5.39. The Labute approximate surface area is 74.0 Å². The summed E-state index contributed by atoms with van der Waals surface area (Å²) in [4.78, 5) is 0. The van der Waals surface area contributed by atoms with Crippen molar-refractivity contribution in [1.29, 1.82) is 0 Å². The van der Waals surface area contributed by atoms with Crippen molar-refractivity contribution in [3.8, 4) is 0 Å². The Kier molecular flexibility index (Phi) is 9.73. The van der Waals surface area contributed by atoms with Crippen molar-refractivity contribution in [1.82, 2.24) is 0 Å². The summed E-state index contributed by atoms with van der Waals surface area (Å²) in [5, 5.41) is 0. The summed E-state index contributed by atoms with van der Waals surface area (Å²) in [6, 6.07) is 0. The maximum absolute atomic E-state index is 2.27. The topological polar surface area (TPSA) is 0 Å². The van der Waals surface area contributed by atoms with Gasteiger partial charge in [0.15, 0.2) is 0 Å². The number of hydrogen-bond acceptors (Lipinski definition) is 0. The predicted octanol–water partition coefficient (Wildman–Crippen LogP) is 3.31. The maximum atomic E-state index is 2.27. The van der Waals surface area contributed by atoms with Crippen LogP contribution in [0.15, 0.2) is 0 Å². The first-order valence-electron chi connectivity index (χ1n) is 4.12. The molecule has 0 aliphatic heterocycles. The first kappa shape index (κ1) is 9.87. The zero-order valence-corrected chi connectivity index (χ0v) is 8.33. The Balaban J connectivity index is 2.60. The van der Waals surface area contributed by atoms with Crippen molar-refractivity contribution >= 4 is 0 Å². The summed E-state index contributed by atoms with van der Waals surface area (Å²) < 4.78 is 1.43. The van der Waals surface area contributed by atoms with E-state index in [1.807, 2.05) is 24.4 Å². The van der Waals surface area contributed by atoms with Crippen molar-refractivity contribution in [3.63, 3.8) is 0 Å². The average molecular weight is 158 g/mol. The van der Waals surface area contributed by atoms with Crippen LogP contribution in [-0.4, -0.2) is 0 Å². The molecule has 52 valence electrons. The molecule has 0 amide bonds. The molecule has 0 bridgehead atoms. The van der Waals surface area contributed by atoms with Crippen molar-refractivity contribution in [3.05, 3.63) is 0 Å². The monoisotopic (exact) mass is 158 g/mol. The van der Waals surface area contributed by atoms with Crippen LogP contribution in [0, 0.1) is 0 Å². The van der Waals surface area contributed by atoms with Gasteiger partial charge in [-0.25, -0.2) is 0 Å². The van der Waals surface area contributed by atoms with Crippen LogP contribution in [0.1, 0.15) is 45.4 Å². The van der Waals surface area contributed by atoms with Crippen molar-refractivity contribution in [2.75, 3.05) is 0 Å². The predicted molar refractivity (Wildman–Crippen MR) is 38.2 cm³/mol. The zero-order chi connectivity index (χ0) is 6.95. The molecule has 0 spiro atoms. The summed E-state index contributed by atoms with van der Waals surface area (Å²) in [6.07, 6.45) is 8.67. The van der Waals surface area contributed by atoms with Gasteiger partial charge in [-0.05, 0) is 0 Å². The van der Waals surface area contributed by atoms with E-state index in [9.17, 15) is 0 Å². The summed E-state index contributed by atoms with van der Waals surface area (Å²) in [5.41, 5.74) is 0. The molecular formula is C8H17Sc. The summed E-state index contributed by atoms with van der Waals surface area (Å²) in [6.45, 7) is 2.27. The third-order valence-electron chi connectivity index (χ3n) is 1.56. The van der Waals surface area contributed by atoms with Crippen LogP contribution in [0.4, 0.5) is 0 Å². The third-order valence-corrected chi connectivity index (χ3v) is 2.20. The normalized spacial score (nSPS) is 9.78. The van der Waals surface area contributed by atoms with Crippen LogP contribution in [0.25, 0.3) is 0 Å². The van der Waals surface area contributed by atoms with Gasteiger partial charge >= 0.3 is 74.0 Å². The van der Waals surface area contributed by atoms with E-state index in [-0.39, 0.29) is 0 Å². The second-order valence-corrected chi connectivity index (χ2v) is 3.46. The standard InChI is InChI=1S/C8H17.Sc/c1-3-5-7-8-6-4-2;/h1,3-8H2,2H3;. The van der Waals surface area contributed by atoms with Crippen LogP contribution in [0.2, 0.25) is 4.18 Å². The molecule has 0 N–H and O–H groups in total. The zero-order valence-electron chi connectivity index (χ0n) is 6.53. The van der Waals surface area contributed by atoms with E-state index >= 15 is 0 Å². The minimum atomic E-state index is 1.37. The molecule has 0 saturated carbocycles. The third kappa shape index (κ3) is 8.87. The van der Waals surface area contributed by atoms with E-state index in [2.05, 4.69) is 6.92 Å². The fourth-order valence-corrected chi connectivity index (χ4v) is 1.38. The van der Waals surface area contributed by atoms with Crippen LogP contribution >= 0.6 is 0 Å². The van der Waals surface area contributed by atoms with Gasteiger partial charge in [0.2, 0.25) is 0 Å². The molecular weight excluding hydrogens is 141 g/mol. The fraction of sp³-hybridized carbons (Fsp3) is 1.00. The van der Waals surface area contributed by atoms with E-state index in [1.165, 1.54) is 42.7 Å². The molecule has 9 heavy (non-hydrogen) atoms. The summed E-state index contributed by atoms with van der Waals surface area (Å²) in [5.74, 6) is 0. The molecule has 0 aliphatic carbocycles. The molecule has 0 atom stereocenters. The molecule has 0 radical (unpaired) electrons. The Bertz CT molecular complexity index is 37.8. The van der Waals surface area contributed by atoms with E-state index in [0.29, 0.717) is 0 Å². The second-order valence-electron chi connectivity index (χ2n) is 2.56. The number of rotatable bonds is 6. The van der Waals surface area contributed by atoms with Gasteiger partial charge in [-0.2, -0.15) is 0 Å². The first-order chi connectivity index (χ1) is 4.41. The van der Waals surface area contributed by atoms with Gasteiger partial charge in [0, 0.05) is 0 Å². The van der Waals surface area contributed by atoms with Gasteiger partial charge in [0.25, 0.3) is 0 Å². The van der Waals surface area contributed by atoms with Gasteiger partial charge < -0.3 is 0 Å². The van der Waals surface area contributed by atoms with Gasteiger partial charge in [-0.3, -0.25) is 0 Å². The molecule has 0 unspecified atom stereocenters. The Morgan fingerprint density at radius 3 is 2.00 bits per heavy atom. The van der Waals surface area contributed by atoms with Crippen LogP contribution in [-0.2, 0) is 24.4 Å². The average Bonchev–Trinajstić information content (AvgIpc) is 1.89. The van der Waals surface area contributed by atoms with Gasteiger partial charge in [0.05, 0.1) is 0 Å². The molecule has 1 heteroatoms. The number of hydrogen-bond donors (Lipinski definition) is 0. The SMILES string of the molecule is CCCCCCC[CH2][Sc]. The molecule has 0 heterocycles. The molecule has 0 aliphatic rings. The van der Waals surface area contributed by atoms with Gasteiger partial charge in [-0.1, -0.05) is 0 Å². The van der Waals surface area contributed by atoms with Crippen LogP contribution in [0.5, 0.6) is 0 Å². The van der Waals surface area contributed by atoms with Gasteiger partial charge in [-0.15, -0.1) is 0 Å². The second kappa shape index (κ2) is 8.87. The Morgan fingerprint density at radius 1 is 0.889 bits per heavy atom. The van der Waals surface area contributed by atoms with E-state index in [4.69, 9.17) is 0 Å². The Hall–Kier alpha value is 0.870. The molecule has 0 aromatic carbocycles.